The number of hydrogen-bond donors (Lipinski definition) is 10. The molecule has 1 aromatic carbocycles. The van der Waals surface area contributed by atoms with Crippen molar-refractivity contribution in [3.05, 3.63) is 35.9 Å². The largest absolute Gasteiger partial charge is 0.480 e. The Morgan fingerprint density at radius 3 is 1.82 bits per heavy atom. The van der Waals surface area contributed by atoms with Crippen molar-refractivity contribution in [1.82, 2.24) is 37.2 Å². The van der Waals surface area contributed by atoms with E-state index in [0.29, 0.717) is 24.8 Å². The van der Waals surface area contributed by atoms with Crippen LogP contribution in [-0.2, 0) is 49.6 Å². The normalized spacial score (nSPS) is 14.6. The fraction of sp³-hybridized carbons (Fsp3) is 0.595. The summed E-state index contributed by atoms with van der Waals surface area (Å²) in [4.78, 5) is 114. The third-order valence-corrected chi connectivity index (χ3v) is 8.81. The highest BCUT2D eigenvalue weighted by molar-refractivity contribution is 5.97. The second-order valence-electron chi connectivity index (χ2n) is 14.0. The van der Waals surface area contributed by atoms with Gasteiger partial charge in [-0.3, -0.25) is 38.4 Å². The number of carbonyl (C=O) groups excluding carboxylic acids is 8. The van der Waals surface area contributed by atoms with Gasteiger partial charge in [-0.2, -0.15) is 0 Å². The Morgan fingerprint density at radius 2 is 1.29 bits per heavy atom. The number of primary amides is 1. The van der Waals surface area contributed by atoms with Crippen LogP contribution in [-0.4, -0.2) is 108 Å². The maximum Gasteiger partial charge on any atom is 0.326 e. The summed E-state index contributed by atoms with van der Waals surface area (Å²) >= 11 is 0. The average Bonchev–Trinajstić information content (AvgIpc) is 3.13. The van der Waals surface area contributed by atoms with Crippen molar-refractivity contribution >= 4 is 53.2 Å². The predicted molar refractivity (Wildman–Crippen MR) is 205 cm³/mol. The Bertz CT molecular complexity index is 1520. The maximum absolute atomic E-state index is 13.8. The summed E-state index contributed by atoms with van der Waals surface area (Å²) in [7, 11) is 0. The van der Waals surface area contributed by atoms with Crippen LogP contribution in [0.1, 0.15) is 79.2 Å². The zero-order valence-electron chi connectivity index (χ0n) is 32.9. The van der Waals surface area contributed by atoms with E-state index in [4.69, 9.17) is 11.5 Å². The molecule has 0 spiro atoms. The first-order chi connectivity index (χ1) is 26.3. The molecule has 0 saturated carbocycles. The quantitative estimate of drug-likeness (QED) is 0.0487. The van der Waals surface area contributed by atoms with Gasteiger partial charge in [0.1, 0.15) is 36.3 Å². The molecule has 0 aromatic heterocycles. The number of benzene rings is 1. The fourth-order valence-electron chi connectivity index (χ4n) is 5.40. The molecule has 0 radical (unpaired) electrons. The minimum atomic E-state index is -1.57. The van der Waals surface area contributed by atoms with E-state index >= 15 is 0 Å². The molecule has 0 heterocycles. The molecule has 0 saturated heterocycles. The van der Waals surface area contributed by atoms with E-state index in [1.807, 2.05) is 0 Å². The second kappa shape index (κ2) is 24.7. The molecule has 0 bridgehead atoms. The number of rotatable bonds is 25. The van der Waals surface area contributed by atoms with Gasteiger partial charge < -0.3 is 53.8 Å². The topological polar surface area (TPSA) is 310 Å². The van der Waals surface area contributed by atoms with Gasteiger partial charge in [0.05, 0.1) is 13.0 Å². The first-order valence-corrected chi connectivity index (χ1v) is 18.6. The second-order valence-corrected chi connectivity index (χ2v) is 14.0. The van der Waals surface area contributed by atoms with E-state index in [0.717, 1.165) is 0 Å². The lowest BCUT2D eigenvalue weighted by Crippen LogP contribution is -2.59. The van der Waals surface area contributed by atoms with Crippen LogP contribution < -0.4 is 48.7 Å². The van der Waals surface area contributed by atoms with E-state index < -0.39 is 108 Å². The lowest BCUT2D eigenvalue weighted by Gasteiger charge is -2.27. The maximum atomic E-state index is 13.8. The molecule has 8 amide bonds. The predicted octanol–water partition coefficient (Wildman–Crippen LogP) is -1.91. The van der Waals surface area contributed by atoms with Gasteiger partial charge in [-0.15, -0.1) is 0 Å². The molecule has 56 heavy (non-hydrogen) atoms. The van der Waals surface area contributed by atoms with Gasteiger partial charge in [0.2, 0.25) is 47.3 Å². The van der Waals surface area contributed by atoms with E-state index in [2.05, 4.69) is 37.2 Å². The van der Waals surface area contributed by atoms with Crippen molar-refractivity contribution in [2.75, 3.05) is 13.1 Å². The summed E-state index contributed by atoms with van der Waals surface area (Å²) < 4.78 is 0. The minimum absolute atomic E-state index is 0.0331. The highest BCUT2D eigenvalue weighted by atomic mass is 16.4. The number of carboxylic acids is 1. The van der Waals surface area contributed by atoms with Gasteiger partial charge in [-0.05, 0) is 50.1 Å². The Balaban J connectivity index is 3.20. The lowest BCUT2D eigenvalue weighted by molar-refractivity contribution is -0.144. The number of aliphatic carboxylic acids is 1. The van der Waals surface area contributed by atoms with Crippen molar-refractivity contribution in [1.29, 1.82) is 0 Å². The monoisotopic (exact) mass is 789 g/mol. The number of carboxylic acid groups (broad SMARTS) is 1. The molecule has 0 unspecified atom stereocenters. The zero-order valence-corrected chi connectivity index (χ0v) is 32.9. The standard InChI is InChI=1S/C37H59N9O10/c1-7-21(4)31(37(55)56)46-35(53)27(18-28(39)48)45-33(51)25(15-11-12-16-38)44-34(52)26(17-24-13-9-8-10-14-24)43-29(49)19-40-32(50)22(5)41-36(54)30(20(2)3)42-23(6)47/h8-10,13-14,20-22,25-27,30-31H,7,11-12,15-19,38H2,1-6H3,(H2,39,48)(H,40,50)(H,41,54)(H,42,47)(H,43,49)(H,44,52)(H,45,51)(H,46,53)(H,55,56)/t21-,22-,25-,26-,27-,30-,31-/m0/s1. The highest BCUT2D eigenvalue weighted by Gasteiger charge is 2.33. The Morgan fingerprint density at radius 1 is 0.696 bits per heavy atom. The van der Waals surface area contributed by atoms with Crippen LogP contribution in [0.15, 0.2) is 30.3 Å². The van der Waals surface area contributed by atoms with Crippen LogP contribution >= 0.6 is 0 Å². The SMILES string of the molecule is CC[C@H](C)[C@H](NC(=O)[C@H](CC(N)=O)NC(=O)[C@H](CCCCN)NC(=O)[C@H](Cc1ccccc1)NC(=O)CNC(=O)[C@H](C)NC(=O)[C@@H](NC(C)=O)C(C)C)C(=O)O. The molecular weight excluding hydrogens is 730 g/mol. The van der Waals surface area contributed by atoms with Gasteiger partial charge >= 0.3 is 5.97 Å². The third kappa shape index (κ3) is 17.7. The molecule has 19 heteroatoms. The first-order valence-electron chi connectivity index (χ1n) is 18.6. The van der Waals surface area contributed by atoms with Crippen LogP contribution in [0.4, 0.5) is 0 Å². The lowest BCUT2D eigenvalue weighted by atomic mass is 9.98. The average molecular weight is 790 g/mol. The first kappa shape index (κ1) is 48.4. The number of carbonyl (C=O) groups is 9. The Hall–Kier alpha value is -5.59. The summed E-state index contributed by atoms with van der Waals surface area (Å²) in [6.07, 6.45) is 0.569. The molecule has 312 valence electrons. The molecule has 0 aliphatic rings. The smallest absolute Gasteiger partial charge is 0.326 e. The molecule has 19 nitrogen and oxygen atoms in total. The van der Waals surface area contributed by atoms with Crippen molar-refractivity contribution in [2.45, 2.75) is 116 Å². The molecule has 1 aromatic rings. The van der Waals surface area contributed by atoms with E-state index in [1.54, 1.807) is 58.0 Å². The summed E-state index contributed by atoms with van der Waals surface area (Å²) in [6.45, 7) is 9.13. The van der Waals surface area contributed by atoms with E-state index in [1.165, 1.54) is 13.8 Å². The molecule has 1 rings (SSSR count). The summed E-state index contributed by atoms with van der Waals surface area (Å²) in [6, 6.07) is 1.18. The summed E-state index contributed by atoms with van der Waals surface area (Å²) in [5.74, 6) is -8.17. The van der Waals surface area contributed by atoms with Crippen LogP contribution in [0.25, 0.3) is 0 Å². The van der Waals surface area contributed by atoms with E-state index in [-0.39, 0.29) is 25.3 Å². The van der Waals surface area contributed by atoms with Gasteiger partial charge in [-0.25, -0.2) is 4.79 Å². The zero-order chi connectivity index (χ0) is 42.5. The van der Waals surface area contributed by atoms with Crippen molar-refractivity contribution in [3.8, 4) is 0 Å². The minimum Gasteiger partial charge on any atom is -0.480 e. The van der Waals surface area contributed by atoms with Gasteiger partial charge in [0.15, 0.2) is 0 Å². The van der Waals surface area contributed by atoms with Gasteiger partial charge in [-0.1, -0.05) is 64.4 Å². The van der Waals surface area contributed by atoms with E-state index in [9.17, 15) is 48.3 Å². The van der Waals surface area contributed by atoms with Crippen molar-refractivity contribution < 1.29 is 48.3 Å². The van der Waals surface area contributed by atoms with Crippen LogP contribution in [0.3, 0.4) is 0 Å². The Kier molecular flexibility index (Phi) is 21.4. The molecule has 0 aliphatic carbocycles. The van der Waals surface area contributed by atoms with Gasteiger partial charge in [0, 0.05) is 13.3 Å². The molecule has 0 fully saturated rings. The fourth-order valence-corrected chi connectivity index (χ4v) is 5.40. The molecular formula is C37H59N9O10. The Labute approximate surface area is 327 Å². The molecule has 0 aliphatic heterocycles. The number of hydrogen-bond acceptors (Lipinski definition) is 10. The summed E-state index contributed by atoms with van der Waals surface area (Å²) in [5, 5.41) is 27.0. The van der Waals surface area contributed by atoms with Crippen LogP contribution in [0.5, 0.6) is 0 Å². The van der Waals surface area contributed by atoms with Crippen molar-refractivity contribution in [2.24, 2.45) is 23.3 Å². The highest BCUT2D eigenvalue weighted by Crippen LogP contribution is 2.10. The third-order valence-electron chi connectivity index (χ3n) is 8.81. The summed E-state index contributed by atoms with van der Waals surface area (Å²) in [5.41, 5.74) is 11.6. The van der Waals surface area contributed by atoms with Crippen molar-refractivity contribution in [3.63, 3.8) is 0 Å². The van der Waals surface area contributed by atoms with Crippen LogP contribution in [0.2, 0.25) is 0 Å². The molecule has 7 atom stereocenters. The number of nitrogens with two attached hydrogens (primary N) is 2. The van der Waals surface area contributed by atoms with Crippen LogP contribution in [0, 0.1) is 11.8 Å². The number of nitrogens with one attached hydrogen (secondary N) is 7. The van der Waals surface area contributed by atoms with Gasteiger partial charge in [0.25, 0.3) is 0 Å². The number of unbranched alkanes of at least 4 members (excludes halogenated alkanes) is 1. The number of amides is 8. The molecule has 12 N–H and O–H groups in total.